The highest BCUT2D eigenvalue weighted by molar-refractivity contribution is 5.22. The topological polar surface area (TPSA) is 23.8 Å². The predicted octanol–water partition coefficient (Wildman–Crippen LogP) is 2.75. The number of hydrogen-bond donors (Lipinski definition) is 0. The van der Waals surface area contributed by atoms with Crippen molar-refractivity contribution in [3.05, 3.63) is 12.2 Å². The van der Waals surface area contributed by atoms with Gasteiger partial charge in [-0.15, -0.1) is 0 Å². The third-order valence-electron chi connectivity index (χ3n) is 3.67. The van der Waals surface area contributed by atoms with Crippen molar-refractivity contribution in [2.24, 2.45) is 23.2 Å². The summed E-state index contributed by atoms with van der Waals surface area (Å²) >= 11 is 0. The summed E-state index contributed by atoms with van der Waals surface area (Å²) in [6.07, 6.45) is 6.88. The molecule has 0 aliphatic heterocycles. The lowest BCUT2D eigenvalue weighted by molar-refractivity contribution is 0.226. The standard InChI is InChI=1S/C11H15N/c1-8(2)11(7-12)6-9-3-4-10(11)5-9/h3-4,8-10H,5-6H2,1-2H3. The molecule has 0 amide bonds. The Hall–Kier alpha value is -0.770. The van der Waals surface area contributed by atoms with E-state index in [1.165, 1.54) is 6.42 Å². The van der Waals surface area contributed by atoms with Crippen LogP contribution in [0, 0.1) is 34.5 Å². The highest BCUT2D eigenvalue weighted by atomic mass is 14.5. The molecule has 0 radical (unpaired) electrons. The second kappa shape index (κ2) is 2.36. The Morgan fingerprint density at radius 2 is 2.25 bits per heavy atom. The van der Waals surface area contributed by atoms with E-state index in [1.807, 2.05) is 0 Å². The Kier molecular flexibility index (Phi) is 1.54. The molecule has 1 nitrogen and oxygen atoms in total. The second-order valence-corrected chi connectivity index (χ2v) is 4.50. The molecule has 2 bridgehead atoms. The molecule has 2 aliphatic rings. The van der Waals surface area contributed by atoms with Crippen LogP contribution in [0.15, 0.2) is 12.2 Å². The zero-order valence-electron chi connectivity index (χ0n) is 7.75. The Labute approximate surface area is 74.1 Å². The van der Waals surface area contributed by atoms with Crippen molar-refractivity contribution in [3.63, 3.8) is 0 Å². The number of rotatable bonds is 1. The first-order valence-corrected chi connectivity index (χ1v) is 4.78. The average Bonchev–Trinajstić information content (AvgIpc) is 2.62. The first-order valence-electron chi connectivity index (χ1n) is 4.78. The molecular formula is C11H15N. The van der Waals surface area contributed by atoms with Crippen LogP contribution in [0.4, 0.5) is 0 Å². The van der Waals surface area contributed by atoms with Crippen LogP contribution in [0.25, 0.3) is 0 Å². The van der Waals surface area contributed by atoms with Crippen molar-refractivity contribution >= 4 is 0 Å². The van der Waals surface area contributed by atoms with Crippen molar-refractivity contribution in [1.82, 2.24) is 0 Å². The minimum absolute atomic E-state index is 0.0284. The zero-order chi connectivity index (χ0) is 8.77. The molecule has 12 heavy (non-hydrogen) atoms. The Balaban J connectivity index is 2.33. The molecule has 0 aromatic heterocycles. The summed E-state index contributed by atoms with van der Waals surface area (Å²) in [5.74, 6) is 1.76. The molecule has 2 rings (SSSR count). The lowest BCUT2D eigenvalue weighted by Crippen LogP contribution is -2.29. The van der Waals surface area contributed by atoms with Crippen molar-refractivity contribution in [3.8, 4) is 6.07 Å². The summed E-state index contributed by atoms with van der Waals surface area (Å²) in [6, 6.07) is 2.56. The molecule has 3 unspecified atom stereocenters. The number of nitrogens with zero attached hydrogens (tertiary/aromatic N) is 1. The van der Waals surface area contributed by atoms with Gasteiger partial charge in [-0.2, -0.15) is 5.26 Å². The van der Waals surface area contributed by atoms with E-state index < -0.39 is 0 Å². The highest BCUT2D eigenvalue weighted by Gasteiger charge is 2.50. The first-order chi connectivity index (χ1) is 5.69. The van der Waals surface area contributed by atoms with Gasteiger partial charge in [-0.3, -0.25) is 0 Å². The largest absolute Gasteiger partial charge is 0.198 e. The molecule has 0 N–H and O–H groups in total. The van der Waals surface area contributed by atoms with Crippen LogP contribution < -0.4 is 0 Å². The minimum atomic E-state index is -0.0284. The molecule has 64 valence electrons. The molecule has 0 aromatic rings. The number of allylic oxidation sites excluding steroid dienone is 2. The van der Waals surface area contributed by atoms with Gasteiger partial charge < -0.3 is 0 Å². The van der Waals surface area contributed by atoms with Gasteiger partial charge in [0.15, 0.2) is 0 Å². The van der Waals surface area contributed by atoms with E-state index in [9.17, 15) is 5.26 Å². The van der Waals surface area contributed by atoms with Gasteiger partial charge in [0, 0.05) is 0 Å². The number of hydrogen-bond acceptors (Lipinski definition) is 1. The van der Waals surface area contributed by atoms with Crippen LogP contribution in [0.3, 0.4) is 0 Å². The normalized spacial score (nSPS) is 43.8. The molecule has 1 saturated carbocycles. The fourth-order valence-electron chi connectivity index (χ4n) is 2.81. The van der Waals surface area contributed by atoms with Crippen LogP contribution in [0.5, 0.6) is 0 Å². The lowest BCUT2D eigenvalue weighted by Gasteiger charge is -2.32. The number of fused-ring (bicyclic) bond motifs is 2. The molecule has 3 atom stereocenters. The Morgan fingerprint density at radius 1 is 1.50 bits per heavy atom. The van der Waals surface area contributed by atoms with Crippen LogP contribution in [-0.2, 0) is 0 Å². The molecule has 0 heterocycles. The zero-order valence-corrected chi connectivity index (χ0v) is 7.75. The molecule has 1 fully saturated rings. The van der Waals surface area contributed by atoms with Gasteiger partial charge in [-0.25, -0.2) is 0 Å². The van der Waals surface area contributed by atoms with Crippen LogP contribution in [-0.4, -0.2) is 0 Å². The maximum Gasteiger partial charge on any atom is 0.0698 e. The quantitative estimate of drug-likeness (QED) is 0.542. The summed E-state index contributed by atoms with van der Waals surface area (Å²) in [5, 5.41) is 9.23. The van der Waals surface area contributed by atoms with E-state index in [-0.39, 0.29) is 5.41 Å². The molecule has 0 saturated heterocycles. The third kappa shape index (κ3) is 0.784. The summed E-state index contributed by atoms with van der Waals surface area (Å²) in [5.41, 5.74) is -0.0284. The summed E-state index contributed by atoms with van der Waals surface area (Å²) in [4.78, 5) is 0. The SMILES string of the molecule is CC(C)C1(C#N)CC2C=CC1C2. The van der Waals surface area contributed by atoms with E-state index >= 15 is 0 Å². The summed E-state index contributed by atoms with van der Waals surface area (Å²) in [7, 11) is 0. The summed E-state index contributed by atoms with van der Waals surface area (Å²) < 4.78 is 0. The fourth-order valence-corrected chi connectivity index (χ4v) is 2.81. The molecule has 0 aromatic carbocycles. The third-order valence-corrected chi connectivity index (χ3v) is 3.67. The molecule has 0 spiro atoms. The maximum absolute atomic E-state index is 9.23. The van der Waals surface area contributed by atoms with E-state index in [1.54, 1.807) is 0 Å². The molecule has 1 heteroatoms. The Bertz CT molecular complexity index is 259. The Morgan fingerprint density at radius 3 is 2.50 bits per heavy atom. The maximum atomic E-state index is 9.23. The van der Waals surface area contributed by atoms with Crippen LogP contribution in [0.2, 0.25) is 0 Å². The van der Waals surface area contributed by atoms with Gasteiger partial charge in [0.2, 0.25) is 0 Å². The van der Waals surface area contributed by atoms with Gasteiger partial charge in [-0.05, 0) is 30.6 Å². The van der Waals surface area contributed by atoms with Gasteiger partial charge in [0.1, 0.15) is 0 Å². The average molecular weight is 161 g/mol. The predicted molar refractivity (Wildman–Crippen MR) is 48.2 cm³/mol. The van der Waals surface area contributed by atoms with Gasteiger partial charge in [0.25, 0.3) is 0 Å². The summed E-state index contributed by atoms with van der Waals surface area (Å²) in [6.45, 7) is 4.36. The van der Waals surface area contributed by atoms with Crippen molar-refractivity contribution < 1.29 is 0 Å². The lowest BCUT2D eigenvalue weighted by atomic mass is 9.69. The van der Waals surface area contributed by atoms with Crippen molar-refractivity contribution in [2.75, 3.05) is 0 Å². The van der Waals surface area contributed by atoms with E-state index in [0.29, 0.717) is 17.8 Å². The van der Waals surface area contributed by atoms with Crippen molar-refractivity contribution in [1.29, 1.82) is 5.26 Å². The van der Waals surface area contributed by atoms with Crippen LogP contribution in [0.1, 0.15) is 26.7 Å². The smallest absolute Gasteiger partial charge is 0.0698 e. The van der Waals surface area contributed by atoms with Crippen molar-refractivity contribution in [2.45, 2.75) is 26.7 Å². The number of nitriles is 1. The van der Waals surface area contributed by atoms with Gasteiger partial charge in [0.05, 0.1) is 11.5 Å². The second-order valence-electron chi connectivity index (χ2n) is 4.50. The monoisotopic (exact) mass is 161 g/mol. The van der Waals surface area contributed by atoms with E-state index in [4.69, 9.17) is 0 Å². The first kappa shape index (κ1) is 7.86. The van der Waals surface area contributed by atoms with E-state index in [2.05, 4.69) is 32.1 Å². The highest BCUT2D eigenvalue weighted by Crippen LogP contribution is 2.55. The fraction of sp³-hybridized carbons (Fsp3) is 0.727. The minimum Gasteiger partial charge on any atom is -0.198 e. The van der Waals surface area contributed by atoms with E-state index in [0.717, 1.165) is 6.42 Å². The van der Waals surface area contributed by atoms with Crippen LogP contribution >= 0.6 is 0 Å². The molecular weight excluding hydrogens is 146 g/mol. The van der Waals surface area contributed by atoms with Gasteiger partial charge >= 0.3 is 0 Å². The molecule has 2 aliphatic carbocycles. The van der Waals surface area contributed by atoms with Gasteiger partial charge in [-0.1, -0.05) is 26.0 Å².